The Bertz CT molecular complexity index is 585. The Morgan fingerprint density at radius 1 is 0.650 bits per heavy atom. The van der Waals surface area contributed by atoms with Crippen molar-refractivity contribution < 1.29 is 8.78 Å². The Hall–Kier alpha value is -1.70. The molecule has 20 heavy (non-hydrogen) atoms. The van der Waals surface area contributed by atoms with Gasteiger partial charge in [0.25, 0.3) is 0 Å². The third kappa shape index (κ3) is 2.74. The van der Waals surface area contributed by atoms with Crippen LogP contribution in [0.3, 0.4) is 0 Å². The molecule has 0 N–H and O–H groups in total. The van der Waals surface area contributed by atoms with E-state index in [1.807, 2.05) is 26.0 Å². The van der Waals surface area contributed by atoms with Gasteiger partial charge in [-0.15, -0.1) is 0 Å². The van der Waals surface area contributed by atoms with Gasteiger partial charge in [-0.2, -0.15) is 0 Å². The van der Waals surface area contributed by atoms with Crippen LogP contribution >= 0.6 is 0 Å². The van der Waals surface area contributed by atoms with E-state index in [1.165, 1.54) is 0 Å². The van der Waals surface area contributed by atoms with Crippen LogP contribution in [0.1, 0.15) is 33.4 Å². The second-order valence-corrected chi connectivity index (χ2v) is 5.46. The van der Waals surface area contributed by atoms with Crippen LogP contribution in [-0.2, 0) is 12.8 Å². The highest BCUT2D eigenvalue weighted by atomic mass is 19.1. The molecular weight excluding hydrogens is 254 g/mol. The van der Waals surface area contributed by atoms with Gasteiger partial charge in [0.2, 0.25) is 0 Å². The summed E-state index contributed by atoms with van der Waals surface area (Å²) in [5.41, 5.74) is 4.58. The SMILES string of the molecule is Cc1ccc(CCc2ccc(C)c(C)c2F)c(F)c1C. The summed E-state index contributed by atoms with van der Waals surface area (Å²) in [6.07, 6.45) is 1.04. The monoisotopic (exact) mass is 274 g/mol. The lowest BCUT2D eigenvalue weighted by Gasteiger charge is -2.10. The molecule has 0 fully saturated rings. The van der Waals surface area contributed by atoms with Crippen LogP contribution in [0.25, 0.3) is 0 Å². The predicted molar refractivity (Wildman–Crippen MR) is 79.2 cm³/mol. The molecule has 0 aromatic heterocycles. The van der Waals surface area contributed by atoms with Crippen LogP contribution in [0.2, 0.25) is 0 Å². The van der Waals surface area contributed by atoms with Crippen molar-refractivity contribution in [2.45, 2.75) is 40.5 Å². The molecule has 0 saturated carbocycles. The Morgan fingerprint density at radius 3 is 1.35 bits per heavy atom. The highest BCUT2D eigenvalue weighted by Crippen LogP contribution is 2.21. The van der Waals surface area contributed by atoms with Gasteiger partial charge in [-0.25, -0.2) is 8.78 Å². The summed E-state index contributed by atoms with van der Waals surface area (Å²) in [6, 6.07) is 7.45. The maximum atomic E-state index is 14.1. The summed E-state index contributed by atoms with van der Waals surface area (Å²) >= 11 is 0. The largest absolute Gasteiger partial charge is 0.206 e. The van der Waals surface area contributed by atoms with Gasteiger partial charge in [0.15, 0.2) is 0 Å². The summed E-state index contributed by atoms with van der Waals surface area (Å²) in [7, 11) is 0. The van der Waals surface area contributed by atoms with E-state index < -0.39 is 0 Å². The lowest BCUT2D eigenvalue weighted by atomic mass is 9.97. The number of hydrogen-bond acceptors (Lipinski definition) is 0. The maximum Gasteiger partial charge on any atom is 0.129 e. The zero-order valence-electron chi connectivity index (χ0n) is 12.5. The van der Waals surface area contributed by atoms with Crippen LogP contribution in [0, 0.1) is 39.3 Å². The average Bonchev–Trinajstić information content (AvgIpc) is 2.43. The highest BCUT2D eigenvalue weighted by molar-refractivity contribution is 5.35. The van der Waals surface area contributed by atoms with Crippen molar-refractivity contribution in [2.24, 2.45) is 0 Å². The summed E-state index contributed by atoms with van der Waals surface area (Å²) in [4.78, 5) is 0. The van der Waals surface area contributed by atoms with E-state index in [2.05, 4.69) is 0 Å². The van der Waals surface area contributed by atoms with E-state index >= 15 is 0 Å². The van der Waals surface area contributed by atoms with Gasteiger partial charge < -0.3 is 0 Å². The van der Waals surface area contributed by atoms with Gasteiger partial charge in [-0.1, -0.05) is 24.3 Å². The van der Waals surface area contributed by atoms with Gasteiger partial charge in [0.05, 0.1) is 0 Å². The minimum atomic E-state index is -0.158. The number of rotatable bonds is 3. The number of benzene rings is 2. The second kappa shape index (κ2) is 5.74. The van der Waals surface area contributed by atoms with E-state index in [-0.39, 0.29) is 11.6 Å². The molecule has 0 aliphatic heterocycles. The van der Waals surface area contributed by atoms with Crippen LogP contribution in [-0.4, -0.2) is 0 Å². The van der Waals surface area contributed by atoms with E-state index in [4.69, 9.17) is 0 Å². The van der Waals surface area contributed by atoms with Crippen molar-refractivity contribution in [3.8, 4) is 0 Å². The van der Waals surface area contributed by atoms with Crippen LogP contribution in [0.15, 0.2) is 24.3 Å². The third-order valence-corrected chi connectivity index (χ3v) is 4.14. The average molecular weight is 274 g/mol. The van der Waals surface area contributed by atoms with E-state index in [0.29, 0.717) is 35.1 Å². The lowest BCUT2D eigenvalue weighted by molar-refractivity contribution is 0.585. The first kappa shape index (κ1) is 14.7. The predicted octanol–water partition coefficient (Wildman–Crippen LogP) is 4.98. The molecule has 2 heteroatoms. The third-order valence-electron chi connectivity index (χ3n) is 4.14. The van der Waals surface area contributed by atoms with Gasteiger partial charge >= 0.3 is 0 Å². The molecule has 0 bridgehead atoms. The number of halogens is 2. The minimum Gasteiger partial charge on any atom is -0.206 e. The lowest BCUT2D eigenvalue weighted by Crippen LogP contribution is -2.01. The molecular formula is C18H20F2. The van der Waals surface area contributed by atoms with Crippen molar-refractivity contribution >= 4 is 0 Å². The first-order valence-electron chi connectivity index (χ1n) is 6.91. The molecule has 0 heterocycles. The molecule has 2 aromatic carbocycles. The van der Waals surface area contributed by atoms with Crippen molar-refractivity contribution in [3.63, 3.8) is 0 Å². The number of hydrogen-bond donors (Lipinski definition) is 0. The first-order valence-corrected chi connectivity index (χ1v) is 6.91. The Balaban J connectivity index is 2.22. The molecule has 0 amide bonds. The minimum absolute atomic E-state index is 0.158. The summed E-state index contributed by atoms with van der Waals surface area (Å²) in [5.74, 6) is -0.316. The fourth-order valence-electron chi connectivity index (χ4n) is 2.33. The number of aryl methyl sites for hydroxylation is 4. The van der Waals surface area contributed by atoms with E-state index in [9.17, 15) is 8.78 Å². The molecule has 0 aliphatic carbocycles. The zero-order valence-corrected chi connectivity index (χ0v) is 12.5. The zero-order chi connectivity index (χ0) is 14.9. The molecule has 106 valence electrons. The van der Waals surface area contributed by atoms with Crippen LogP contribution in [0.5, 0.6) is 0 Å². The van der Waals surface area contributed by atoms with Gasteiger partial charge in [-0.05, 0) is 73.9 Å². The Labute approximate surface area is 119 Å². The molecule has 0 spiro atoms. The van der Waals surface area contributed by atoms with Gasteiger partial charge in [-0.3, -0.25) is 0 Å². The van der Waals surface area contributed by atoms with Crippen LogP contribution < -0.4 is 0 Å². The molecule has 0 unspecified atom stereocenters. The van der Waals surface area contributed by atoms with E-state index in [0.717, 1.165) is 11.1 Å². The molecule has 0 atom stereocenters. The Morgan fingerprint density at radius 2 is 1.00 bits per heavy atom. The van der Waals surface area contributed by atoms with Crippen molar-refractivity contribution in [3.05, 3.63) is 69.3 Å². The molecule has 2 rings (SSSR count). The fraction of sp³-hybridized carbons (Fsp3) is 0.333. The maximum absolute atomic E-state index is 14.1. The smallest absolute Gasteiger partial charge is 0.129 e. The fourth-order valence-corrected chi connectivity index (χ4v) is 2.33. The van der Waals surface area contributed by atoms with Crippen LogP contribution in [0.4, 0.5) is 8.78 Å². The molecule has 0 saturated heterocycles. The molecule has 0 nitrogen and oxygen atoms in total. The Kier molecular flexibility index (Phi) is 4.22. The second-order valence-electron chi connectivity index (χ2n) is 5.46. The van der Waals surface area contributed by atoms with E-state index in [1.54, 1.807) is 26.0 Å². The van der Waals surface area contributed by atoms with Gasteiger partial charge in [0.1, 0.15) is 11.6 Å². The molecule has 2 aromatic rings. The van der Waals surface area contributed by atoms with Crippen molar-refractivity contribution in [2.75, 3.05) is 0 Å². The first-order chi connectivity index (χ1) is 9.41. The van der Waals surface area contributed by atoms with Crippen molar-refractivity contribution in [1.82, 2.24) is 0 Å². The van der Waals surface area contributed by atoms with Crippen molar-refractivity contribution in [1.29, 1.82) is 0 Å². The van der Waals surface area contributed by atoms with Gasteiger partial charge in [0, 0.05) is 0 Å². The molecule has 0 aliphatic rings. The quantitative estimate of drug-likeness (QED) is 0.740. The highest BCUT2D eigenvalue weighted by Gasteiger charge is 2.11. The summed E-state index contributed by atoms with van der Waals surface area (Å²) in [6.45, 7) is 7.35. The normalized spacial score (nSPS) is 10.9. The molecule has 0 radical (unpaired) electrons. The standard InChI is InChI=1S/C18H20F2/c1-11-5-7-15(17(19)13(11)3)9-10-16-8-6-12(2)14(4)18(16)20/h5-8H,9-10H2,1-4H3. The summed E-state index contributed by atoms with van der Waals surface area (Å²) < 4.78 is 28.2. The topological polar surface area (TPSA) is 0 Å². The summed E-state index contributed by atoms with van der Waals surface area (Å²) in [5, 5.41) is 0.